The van der Waals surface area contributed by atoms with E-state index in [1.807, 2.05) is 44.2 Å². The quantitative estimate of drug-likeness (QED) is 0.209. The molecule has 7 nitrogen and oxygen atoms in total. The first-order valence-corrected chi connectivity index (χ1v) is 15.9. The van der Waals surface area contributed by atoms with Crippen molar-refractivity contribution in [3.05, 3.63) is 69.0 Å². The monoisotopic (exact) mass is 690 g/mol. The average Bonchev–Trinajstić information content (AvgIpc) is 3.50. The molecule has 5 rings (SSSR count). The van der Waals surface area contributed by atoms with Gasteiger partial charge < -0.3 is 29.2 Å². The van der Waals surface area contributed by atoms with Crippen molar-refractivity contribution in [1.29, 1.82) is 0 Å². The number of nitrogens with zero attached hydrogens (tertiary/aromatic N) is 3. The van der Waals surface area contributed by atoms with Gasteiger partial charge in [0.25, 0.3) is 5.91 Å². The molecule has 1 atom stereocenters. The third-order valence-electron chi connectivity index (χ3n) is 7.85. The number of rotatable bonds is 10. The van der Waals surface area contributed by atoms with Crippen LogP contribution in [0.15, 0.2) is 54.7 Å². The molecule has 0 aliphatic carbocycles. The van der Waals surface area contributed by atoms with Crippen LogP contribution in [-0.4, -0.2) is 85.1 Å². The van der Waals surface area contributed by atoms with Crippen molar-refractivity contribution in [2.75, 3.05) is 52.9 Å². The Bertz CT molecular complexity index is 1340. The number of benzene rings is 2. The third-order valence-corrected chi connectivity index (χ3v) is 8.78. The highest BCUT2D eigenvalue weighted by Crippen LogP contribution is 2.38. The Morgan fingerprint density at radius 2 is 1.83 bits per heavy atom. The number of carbonyl (C=O) groups is 1. The fraction of sp³-hybridized carbons (Fsp3) is 0.469. The van der Waals surface area contributed by atoms with Crippen molar-refractivity contribution in [1.82, 2.24) is 19.7 Å². The molecule has 9 heteroatoms. The molecule has 2 aromatic carbocycles. The van der Waals surface area contributed by atoms with Crippen LogP contribution in [0.3, 0.4) is 0 Å². The minimum absolute atomic E-state index is 0.0213. The number of aryl methyl sites for hydroxylation is 1. The summed E-state index contributed by atoms with van der Waals surface area (Å²) in [7, 11) is 2.17. The normalized spacial score (nSPS) is 19.5. The lowest BCUT2D eigenvalue weighted by molar-refractivity contribution is -0.139. The predicted molar refractivity (Wildman–Crippen MR) is 173 cm³/mol. The molecule has 0 radical (unpaired) electrons. The van der Waals surface area contributed by atoms with E-state index in [0.717, 1.165) is 71.4 Å². The lowest BCUT2D eigenvalue weighted by atomic mass is 9.96. The van der Waals surface area contributed by atoms with Crippen LogP contribution in [0.5, 0.6) is 0 Å². The second kappa shape index (κ2) is 13.6. The topological polar surface area (TPSA) is 59.0 Å². The van der Waals surface area contributed by atoms with Crippen LogP contribution in [0.1, 0.15) is 37.2 Å². The zero-order valence-electron chi connectivity index (χ0n) is 24.2. The number of likely N-dealkylation sites (N-methyl/N-ethyl adjacent to an activating group) is 1. The van der Waals surface area contributed by atoms with E-state index in [-0.39, 0.29) is 12.0 Å². The molecule has 2 fully saturated rings. The van der Waals surface area contributed by atoms with Crippen LogP contribution in [0.25, 0.3) is 22.3 Å². The second-order valence-corrected chi connectivity index (χ2v) is 13.2. The first-order valence-electron chi connectivity index (χ1n) is 14.4. The Morgan fingerprint density at radius 3 is 2.51 bits per heavy atom. The molecule has 41 heavy (non-hydrogen) atoms. The molecule has 0 saturated carbocycles. The number of aromatic nitrogens is 1. The number of amides is 1. The molecule has 0 spiro atoms. The van der Waals surface area contributed by atoms with Crippen LogP contribution in [0.4, 0.5) is 0 Å². The summed E-state index contributed by atoms with van der Waals surface area (Å²) in [4.78, 5) is 18.8. The van der Waals surface area contributed by atoms with Gasteiger partial charge in [0.2, 0.25) is 0 Å². The summed E-state index contributed by atoms with van der Waals surface area (Å²) < 4.78 is 15.1. The van der Waals surface area contributed by atoms with Gasteiger partial charge >= 0.3 is 0 Å². The zero-order chi connectivity index (χ0) is 29.0. The van der Waals surface area contributed by atoms with Gasteiger partial charge in [0.15, 0.2) is 5.79 Å². The van der Waals surface area contributed by atoms with Crippen molar-refractivity contribution in [2.24, 2.45) is 0 Å². The highest BCUT2D eigenvalue weighted by atomic mass is 127. The highest BCUT2D eigenvalue weighted by molar-refractivity contribution is 14.1. The van der Waals surface area contributed by atoms with Crippen molar-refractivity contribution in [3.8, 4) is 22.3 Å². The van der Waals surface area contributed by atoms with Crippen molar-refractivity contribution in [3.63, 3.8) is 0 Å². The number of carbonyl (C=O) groups excluding carboxylic acids is 1. The summed E-state index contributed by atoms with van der Waals surface area (Å²) in [6, 6.07) is 16.2. The largest absolute Gasteiger partial charge is 0.351 e. The van der Waals surface area contributed by atoms with E-state index in [2.05, 4.69) is 73.7 Å². The van der Waals surface area contributed by atoms with Gasteiger partial charge in [-0.25, -0.2) is 0 Å². The Balaban J connectivity index is 1.43. The molecule has 0 unspecified atom stereocenters. The molecule has 1 N–H and O–H groups in total. The molecule has 1 amide bonds. The van der Waals surface area contributed by atoms with Gasteiger partial charge in [-0.1, -0.05) is 35.9 Å². The van der Waals surface area contributed by atoms with E-state index >= 15 is 0 Å². The zero-order valence-corrected chi connectivity index (χ0v) is 27.1. The van der Waals surface area contributed by atoms with Gasteiger partial charge in [-0.2, -0.15) is 0 Å². The van der Waals surface area contributed by atoms with Gasteiger partial charge in [-0.05, 0) is 98.3 Å². The fourth-order valence-corrected chi connectivity index (χ4v) is 6.28. The Labute approximate surface area is 262 Å². The number of ether oxygens (including phenoxy) is 2. The molecule has 2 saturated heterocycles. The Kier molecular flexibility index (Phi) is 10.1. The predicted octanol–water partition coefficient (Wildman–Crippen LogP) is 5.99. The summed E-state index contributed by atoms with van der Waals surface area (Å²) in [5.41, 5.74) is 4.66. The molecule has 0 bridgehead atoms. The van der Waals surface area contributed by atoms with Gasteiger partial charge in [0.1, 0.15) is 5.69 Å². The molecule has 3 heterocycles. The summed E-state index contributed by atoms with van der Waals surface area (Å²) >= 11 is 8.57. The van der Waals surface area contributed by atoms with E-state index in [4.69, 9.17) is 21.1 Å². The Morgan fingerprint density at radius 1 is 1.07 bits per heavy atom. The number of hydrogen-bond acceptors (Lipinski definition) is 5. The minimum Gasteiger partial charge on any atom is -0.351 e. The molecule has 2 aliphatic rings. The standard InChI is InChI=1S/C32H40ClIN4O3/c1-32(2)40-22-27(41-32)12-15-38-21-28(23-8-10-25(33)11-9-23)29(24-6-4-7-26(34)20-24)30(38)31(39)35-13-5-14-37-18-16-36(3)17-19-37/h4,6-11,20-21,27H,5,12-19,22H2,1-3H3,(H,35,39)/t27-/m0/s1. The number of halogens is 2. The summed E-state index contributed by atoms with van der Waals surface area (Å²) in [5.74, 6) is -0.632. The minimum atomic E-state index is -0.578. The first-order chi connectivity index (χ1) is 19.7. The van der Waals surface area contributed by atoms with E-state index in [1.54, 1.807) is 0 Å². The molecule has 3 aromatic rings. The van der Waals surface area contributed by atoms with Crippen LogP contribution >= 0.6 is 34.2 Å². The Hall–Kier alpha value is -1.95. The van der Waals surface area contributed by atoms with Gasteiger partial charge in [0.05, 0.1) is 12.7 Å². The molecule has 2 aliphatic heterocycles. The maximum atomic E-state index is 14.0. The van der Waals surface area contributed by atoms with E-state index < -0.39 is 5.79 Å². The molecular weight excluding hydrogens is 651 g/mol. The van der Waals surface area contributed by atoms with E-state index in [9.17, 15) is 4.79 Å². The van der Waals surface area contributed by atoms with E-state index in [0.29, 0.717) is 30.4 Å². The number of piperazine rings is 1. The van der Waals surface area contributed by atoms with E-state index in [1.165, 1.54) is 0 Å². The van der Waals surface area contributed by atoms with Gasteiger partial charge in [-0.3, -0.25) is 4.79 Å². The first kappa shape index (κ1) is 30.5. The molecule has 1 aromatic heterocycles. The maximum Gasteiger partial charge on any atom is 0.268 e. The smallest absolute Gasteiger partial charge is 0.268 e. The SMILES string of the molecule is CN1CCN(CCCNC(=O)c2c(-c3cccc(I)c3)c(-c3ccc(Cl)cc3)cn2CC[C@H]2COC(C)(C)O2)CC1. The van der Waals surface area contributed by atoms with Gasteiger partial charge in [-0.15, -0.1) is 0 Å². The maximum absolute atomic E-state index is 14.0. The summed E-state index contributed by atoms with van der Waals surface area (Å²) in [5, 5.41) is 3.94. The van der Waals surface area contributed by atoms with Crippen LogP contribution in [0, 0.1) is 3.57 Å². The molecule has 220 valence electrons. The van der Waals surface area contributed by atoms with Crippen LogP contribution in [-0.2, 0) is 16.0 Å². The average molecular weight is 691 g/mol. The highest BCUT2D eigenvalue weighted by Gasteiger charge is 2.33. The van der Waals surface area contributed by atoms with Crippen molar-refractivity contribution < 1.29 is 14.3 Å². The van der Waals surface area contributed by atoms with Crippen LogP contribution in [0.2, 0.25) is 5.02 Å². The third kappa shape index (κ3) is 7.91. The molecular formula is C32H40ClIN4O3. The fourth-order valence-electron chi connectivity index (χ4n) is 5.61. The van der Waals surface area contributed by atoms with Gasteiger partial charge in [0, 0.05) is 65.2 Å². The van der Waals surface area contributed by atoms with Crippen molar-refractivity contribution >= 4 is 40.1 Å². The number of nitrogens with one attached hydrogen (secondary N) is 1. The lowest BCUT2D eigenvalue weighted by Crippen LogP contribution is -2.45. The van der Waals surface area contributed by atoms with Crippen LogP contribution < -0.4 is 5.32 Å². The summed E-state index contributed by atoms with van der Waals surface area (Å²) in [6.45, 7) is 11.1. The summed E-state index contributed by atoms with van der Waals surface area (Å²) in [6.07, 6.45) is 3.75. The number of hydrogen-bond donors (Lipinski definition) is 1. The lowest BCUT2D eigenvalue weighted by Gasteiger charge is -2.32. The van der Waals surface area contributed by atoms with Crippen molar-refractivity contribution in [2.45, 2.75) is 45.1 Å². The second-order valence-electron chi connectivity index (χ2n) is 11.5.